The third-order valence-electron chi connectivity index (χ3n) is 11.9. The van der Waals surface area contributed by atoms with Gasteiger partial charge in [0.1, 0.15) is 6.10 Å². The number of esters is 1. The van der Waals surface area contributed by atoms with Gasteiger partial charge in [0.25, 0.3) is 0 Å². The highest BCUT2D eigenvalue weighted by Gasteiger charge is 2.24. The molecule has 0 spiro atoms. The fourth-order valence-corrected chi connectivity index (χ4v) is 7.93. The summed E-state index contributed by atoms with van der Waals surface area (Å²) in [5.74, 6) is -0.489. The number of allylic oxidation sites excluding steroid dienone is 6. The lowest BCUT2D eigenvalue weighted by molar-refractivity contribution is -0.151. The van der Waals surface area contributed by atoms with Crippen LogP contribution in [0.5, 0.6) is 0 Å². The predicted octanol–water partition coefficient (Wildman–Crippen LogP) is 15.7. The SMILES string of the molecule is CCCCC/C=C\C/C=C\CCCCCCCC(CC(=O)NC(CO)C(O)CCCCCCCCCCCC)OC(=O)CCCCCCC/C=C/CCCCCCCCC. The van der Waals surface area contributed by atoms with E-state index in [2.05, 4.69) is 62.5 Å². The molecule has 60 heavy (non-hydrogen) atoms. The summed E-state index contributed by atoms with van der Waals surface area (Å²) in [6.07, 6.45) is 56.3. The molecule has 0 aliphatic rings. The van der Waals surface area contributed by atoms with Gasteiger partial charge in [0.2, 0.25) is 5.91 Å². The van der Waals surface area contributed by atoms with E-state index in [4.69, 9.17) is 4.74 Å². The van der Waals surface area contributed by atoms with Crippen molar-refractivity contribution in [2.45, 2.75) is 289 Å². The van der Waals surface area contributed by atoms with Crippen molar-refractivity contribution in [3.05, 3.63) is 36.5 Å². The molecule has 0 aromatic carbocycles. The Kier molecular flexibility index (Phi) is 46.6. The number of carbonyl (C=O) groups is 2. The summed E-state index contributed by atoms with van der Waals surface area (Å²) in [7, 11) is 0. The zero-order valence-corrected chi connectivity index (χ0v) is 40.1. The molecule has 3 N–H and O–H groups in total. The Morgan fingerprint density at radius 3 is 1.32 bits per heavy atom. The minimum absolute atomic E-state index is 0.0670. The molecule has 0 aliphatic carbocycles. The maximum Gasteiger partial charge on any atom is 0.306 e. The van der Waals surface area contributed by atoms with E-state index in [9.17, 15) is 19.8 Å². The first-order valence-corrected chi connectivity index (χ1v) is 26.2. The fourth-order valence-electron chi connectivity index (χ4n) is 7.93. The monoisotopic (exact) mass is 844 g/mol. The Labute approximate surface area is 373 Å². The zero-order valence-electron chi connectivity index (χ0n) is 40.1. The maximum absolute atomic E-state index is 13.2. The van der Waals surface area contributed by atoms with Crippen LogP contribution >= 0.6 is 0 Å². The molecule has 0 heterocycles. The van der Waals surface area contributed by atoms with Gasteiger partial charge in [0.05, 0.1) is 25.2 Å². The molecule has 0 aromatic heterocycles. The number of amides is 1. The molecule has 0 saturated carbocycles. The van der Waals surface area contributed by atoms with Crippen molar-refractivity contribution in [1.29, 1.82) is 0 Å². The Hall–Kier alpha value is -1.92. The number of nitrogens with one attached hydrogen (secondary N) is 1. The molecule has 3 atom stereocenters. The second-order valence-corrected chi connectivity index (χ2v) is 17.9. The largest absolute Gasteiger partial charge is 0.462 e. The second-order valence-electron chi connectivity index (χ2n) is 17.9. The summed E-state index contributed by atoms with van der Waals surface area (Å²) in [6.45, 7) is 6.45. The van der Waals surface area contributed by atoms with Crippen molar-refractivity contribution >= 4 is 11.9 Å². The highest BCUT2D eigenvalue weighted by atomic mass is 16.5. The molecular weight excluding hydrogens is 743 g/mol. The summed E-state index contributed by atoms with van der Waals surface area (Å²) in [5, 5.41) is 23.7. The predicted molar refractivity (Wildman–Crippen MR) is 259 cm³/mol. The van der Waals surface area contributed by atoms with Crippen molar-refractivity contribution in [2.75, 3.05) is 6.61 Å². The molecule has 0 aromatic rings. The number of rotatable bonds is 47. The van der Waals surface area contributed by atoms with Crippen LogP contribution in [0, 0.1) is 0 Å². The Morgan fingerprint density at radius 2 is 0.850 bits per heavy atom. The molecule has 6 heteroatoms. The van der Waals surface area contributed by atoms with Gasteiger partial charge in [-0.15, -0.1) is 0 Å². The molecule has 3 unspecified atom stereocenters. The van der Waals surface area contributed by atoms with E-state index in [-0.39, 0.29) is 24.9 Å². The van der Waals surface area contributed by atoms with E-state index in [0.29, 0.717) is 19.3 Å². The van der Waals surface area contributed by atoms with E-state index < -0.39 is 18.2 Å². The van der Waals surface area contributed by atoms with E-state index in [1.807, 2.05) is 0 Å². The van der Waals surface area contributed by atoms with Gasteiger partial charge in [-0.25, -0.2) is 0 Å². The standard InChI is InChI=1S/C54H101NO5/c1-4-7-10-13-16-19-22-24-26-28-30-32-35-38-41-44-47-54(59)60-50(45-42-39-36-33-31-29-27-25-23-20-17-14-11-8-5-2)48-53(58)55-51(49-56)52(57)46-43-40-37-34-21-18-15-12-9-6-3/h17,20,25-28,50-52,56-57H,4-16,18-19,21-24,29-49H2,1-3H3,(H,55,58)/b20-17-,27-25-,28-26+. The molecule has 6 nitrogen and oxygen atoms in total. The van der Waals surface area contributed by atoms with Gasteiger partial charge in [0.15, 0.2) is 0 Å². The number of carbonyl (C=O) groups excluding carboxylic acids is 2. The average molecular weight is 844 g/mol. The summed E-state index contributed by atoms with van der Waals surface area (Å²) in [4.78, 5) is 26.1. The van der Waals surface area contributed by atoms with Gasteiger partial charge in [-0.2, -0.15) is 0 Å². The van der Waals surface area contributed by atoms with Crippen molar-refractivity contribution in [1.82, 2.24) is 5.32 Å². The average Bonchev–Trinajstić information content (AvgIpc) is 3.24. The number of aliphatic hydroxyl groups excluding tert-OH is 2. The topological polar surface area (TPSA) is 95.9 Å². The fraction of sp³-hybridized carbons (Fsp3) is 0.852. The minimum Gasteiger partial charge on any atom is -0.462 e. The molecule has 1 amide bonds. The lowest BCUT2D eigenvalue weighted by Gasteiger charge is -2.24. The Morgan fingerprint density at radius 1 is 0.483 bits per heavy atom. The molecular formula is C54H101NO5. The quantitative estimate of drug-likeness (QED) is 0.0322. The van der Waals surface area contributed by atoms with Crippen LogP contribution in [0.4, 0.5) is 0 Å². The van der Waals surface area contributed by atoms with Crippen molar-refractivity contribution in [2.24, 2.45) is 0 Å². The van der Waals surface area contributed by atoms with E-state index in [1.54, 1.807) is 0 Å². The smallest absolute Gasteiger partial charge is 0.306 e. The van der Waals surface area contributed by atoms with Crippen LogP contribution in [0.3, 0.4) is 0 Å². The first-order chi connectivity index (χ1) is 29.5. The van der Waals surface area contributed by atoms with Gasteiger partial charge in [-0.05, 0) is 83.5 Å². The summed E-state index contributed by atoms with van der Waals surface area (Å²) in [5.41, 5.74) is 0. The maximum atomic E-state index is 13.2. The molecule has 0 saturated heterocycles. The van der Waals surface area contributed by atoms with E-state index in [1.165, 1.54) is 148 Å². The van der Waals surface area contributed by atoms with Crippen molar-refractivity contribution < 1.29 is 24.5 Å². The van der Waals surface area contributed by atoms with E-state index >= 15 is 0 Å². The normalized spacial score (nSPS) is 13.5. The molecule has 0 aliphatic heterocycles. The van der Waals surface area contributed by atoms with Crippen LogP contribution in [0.1, 0.15) is 271 Å². The van der Waals surface area contributed by atoms with Crippen LogP contribution in [-0.2, 0) is 14.3 Å². The van der Waals surface area contributed by atoms with Gasteiger partial charge < -0.3 is 20.3 Å². The lowest BCUT2D eigenvalue weighted by Crippen LogP contribution is -2.46. The summed E-state index contributed by atoms with van der Waals surface area (Å²) >= 11 is 0. The van der Waals surface area contributed by atoms with Crippen LogP contribution in [-0.4, -0.2) is 46.9 Å². The first-order valence-electron chi connectivity index (χ1n) is 26.2. The third-order valence-corrected chi connectivity index (χ3v) is 11.9. The molecule has 0 radical (unpaired) electrons. The second kappa shape index (κ2) is 48.1. The Balaban J connectivity index is 4.60. The van der Waals surface area contributed by atoms with Crippen LogP contribution in [0.2, 0.25) is 0 Å². The van der Waals surface area contributed by atoms with Gasteiger partial charge in [-0.3, -0.25) is 9.59 Å². The number of hydrogen-bond donors (Lipinski definition) is 3. The van der Waals surface area contributed by atoms with Crippen LogP contribution < -0.4 is 5.32 Å². The number of aliphatic hydroxyl groups is 2. The number of hydrogen-bond acceptors (Lipinski definition) is 5. The van der Waals surface area contributed by atoms with Crippen molar-refractivity contribution in [3.8, 4) is 0 Å². The summed E-state index contributed by atoms with van der Waals surface area (Å²) in [6, 6.07) is -0.705. The first kappa shape index (κ1) is 58.1. The van der Waals surface area contributed by atoms with Crippen LogP contribution in [0.15, 0.2) is 36.5 Å². The van der Waals surface area contributed by atoms with Gasteiger partial charge in [0, 0.05) is 6.42 Å². The summed E-state index contributed by atoms with van der Waals surface area (Å²) < 4.78 is 5.93. The van der Waals surface area contributed by atoms with E-state index in [0.717, 1.165) is 77.0 Å². The minimum atomic E-state index is -0.790. The highest BCUT2D eigenvalue weighted by molar-refractivity contribution is 5.77. The van der Waals surface area contributed by atoms with Gasteiger partial charge >= 0.3 is 5.97 Å². The van der Waals surface area contributed by atoms with Crippen molar-refractivity contribution in [3.63, 3.8) is 0 Å². The molecule has 352 valence electrons. The highest BCUT2D eigenvalue weighted by Crippen LogP contribution is 2.18. The third kappa shape index (κ3) is 42.8. The molecule has 0 fully saturated rings. The molecule has 0 bridgehead atoms. The lowest BCUT2D eigenvalue weighted by atomic mass is 10.0. The molecule has 0 rings (SSSR count). The van der Waals surface area contributed by atoms with Gasteiger partial charge in [-0.1, -0.05) is 211 Å². The number of ether oxygens (including phenoxy) is 1. The van der Waals surface area contributed by atoms with Crippen LogP contribution in [0.25, 0.3) is 0 Å². The zero-order chi connectivity index (χ0) is 43.8. The number of unbranched alkanes of at least 4 members (excludes halogenated alkanes) is 29. The Bertz CT molecular complexity index is 993.